The summed E-state index contributed by atoms with van der Waals surface area (Å²) in [7, 11) is 0. The smallest absolute Gasteiger partial charge is 0.338 e. The molecule has 0 saturated carbocycles. The van der Waals surface area contributed by atoms with E-state index in [1.807, 2.05) is 51.7 Å². The summed E-state index contributed by atoms with van der Waals surface area (Å²) in [4.78, 5) is 65.4. The van der Waals surface area contributed by atoms with Crippen molar-refractivity contribution in [2.75, 3.05) is 26.3 Å². The van der Waals surface area contributed by atoms with Gasteiger partial charge in [0, 0.05) is 59.9 Å². The molecule has 14 heteroatoms. The number of esters is 2. The van der Waals surface area contributed by atoms with Crippen LogP contribution < -0.4 is 10.6 Å². The number of carbonyl (C=O) groups excluding carboxylic acids is 4. The number of amides is 2. The van der Waals surface area contributed by atoms with Gasteiger partial charge in [0.25, 0.3) is 11.8 Å². The Bertz CT molecular complexity index is 1390. The first-order valence-corrected chi connectivity index (χ1v) is 20.5. The van der Waals surface area contributed by atoms with E-state index in [4.69, 9.17) is 29.4 Å². The first-order valence-electron chi connectivity index (χ1n) is 20.5. The van der Waals surface area contributed by atoms with Crippen molar-refractivity contribution in [1.82, 2.24) is 20.8 Å². The molecular formula is C42H70N4O10. The molecule has 0 spiro atoms. The number of benzene rings is 1. The number of hydrogen-bond acceptors (Lipinski definition) is 12. The molecule has 56 heavy (non-hydrogen) atoms. The van der Waals surface area contributed by atoms with Crippen molar-refractivity contribution in [2.45, 2.75) is 168 Å². The molecule has 4 N–H and O–H groups in total. The van der Waals surface area contributed by atoms with Crippen LogP contribution in [0.15, 0.2) is 24.3 Å². The van der Waals surface area contributed by atoms with Crippen LogP contribution >= 0.6 is 0 Å². The van der Waals surface area contributed by atoms with E-state index < -0.39 is 58.5 Å². The van der Waals surface area contributed by atoms with E-state index in [9.17, 15) is 19.2 Å². The second-order valence-corrected chi connectivity index (χ2v) is 16.7. The minimum absolute atomic E-state index is 0.140. The summed E-state index contributed by atoms with van der Waals surface area (Å²) in [6.45, 7) is 23.8. The molecule has 2 heterocycles. The van der Waals surface area contributed by atoms with Gasteiger partial charge in [-0.05, 0) is 91.5 Å². The molecule has 0 bridgehead atoms. The Morgan fingerprint density at radius 1 is 0.661 bits per heavy atom. The summed E-state index contributed by atoms with van der Waals surface area (Å²) in [6, 6.07) is 6.34. The maximum atomic E-state index is 13.6. The first kappa shape index (κ1) is 47.2. The quantitative estimate of drug-likeness (QED) is 0.148. The molecule has 2 saturated heterocycles. The van der Waals surface area contributed by atoms with Crippen LogP contribution in [0.2, 0.25) is 0 Å². The monoisotopic (exact) mass is 791 g/mol. The van der Waals surface area contributed by atoms with E-state index in [1.165, 1.54) is 0 Å². The number of piperidine rings is 2. The van der Waals surface area contributed by atoms with Crippen molar-refractivity contribution < 1.29 is 48.5 Å². The van der Waals surface area contributed by atoms with E-state index >= 15 is 0 Å². The number of rotatable bonds is 18. The van der Waals surface area contributed by atoms with Crippen molar-refractivity contribution >= 4 is 23.8 Å². The lowest BCUT2D eigenvalue weighted by Gasteiger charge is -2.59. The fourth-order valence-electron chi connectivity index (χ4n) is 8.29. The Hall–Kier alpha value is -3.14. The maximum absolute atomic E-state index is 13.6. The Morgan fingerprint density at radius 3 is 1.25 bits per heavy atom. The van der Waals surface area contributed by atoms with Crippen LogP contribution in [0.25, 0.3) is 0 Å². The number of nitrogens with one attached hydrogen (secondary N) is 2. The van der Waals surface area contributed by atoms with Crippen molar-refractivity contribution in [1.29, 1.82) is 0 Å². The molecule has 2 aliphatic heterocycles. The molecular weight excluding hydrogens is 720 g/mol. The number of hydroxylamine groups is 4. The van der Waals surface area contributed by atoms with Gasteiger partial charge in [0.2, 0.25) is 0 Å². The Labute approximate surface area is 334 Å². The third-order valence-electron chi connectivity index (χ3n) is 13.2. The molecule has 1 aromatic carbocycles. The standard InChI is InChI=1S/C42H70N4O10/c1-13-39(9)25-33(27(5)41(11,15-3)45(39)55-29(7)35(49)43-21-23-47)53-37(51)31-17-19-32(20-18-31)38(52)54-34-26-40(10,14-2)46(42(12,16-4)28(34)6)56-30(8)36(50)44-22-24-48/h17-20,27-30,33-34,47-48H,13-16,21-26H2,1-12H3,(H,43,49)(H,44,50). The molecule has 318 valence electrons. The zero-order valence-corrected chi connectivity index (χ0v) is 35.9. The van der Waals surface area contributed by atoms with Gasteiger partial charge in [-0.25, -0.2) is 9.59 Å². The van der Waals surface area contributed by atoms with Gasteiger partial charge >= 0.3 is 11.9 Å². The topological polar surface area (TPSA) is 176 Å². The Kier molecular flexibility index (Phi) is 16.5. The highest BCUT2D eigenvalue weighted by molar-refractivity contribution is 5.93. The Morgan fingerprint density at radius 2 is 0.982 bits per heavy atom. The molecule has 0 radical (unpaired) electrons. The van der Waals surface area contributed by atoms with E-state index in [2.05, 4.69) is 38.3 Å². The van der Waals surface area contributed by atoms with Crippen molar-refractivity contribution in [3.63, 3.8) is 0 Å². The van der Waals surface area contributed by atoms with Gasteiger partial charge in [-0.2, -0.15) is 10.1 Å². The molecule has 0 aliphatic carbocycles. The van der Waals surface area contributed by atoms with Gasteiger partial charge in [-0.1, -0.05) is 41.5 Å². The number of carbonyl (C=O) groups is 4. The second kappa shape index (κ2) is 19.5. The lowest BCUT2D eigenvalue weighted by Crippen LogP contribution is -2.69. The molecule has 2 aliphatic rings. The molecule has 1 aromatic rings. The van der Waals surface area contributed by atoms with Crippen molar-refractivity contribution in [3.05, 3.63) is 35.4 Å². The molecule has 14 nitrogen and oxygen atoms in total. The summed E-state index contributed by atoms with van der Waals surface area (Å²) in [5.74, 6) is -1.95. The number of ether oxygens (including phenoxy) is 2. The van der Waals surface area contributed by atoms with Crippen LogP contribution in [-0.4, -0.2) is 117 Å². The van der Waals surface area contributed by atoms with Crippen molar-refractivity contribution in [2.24, 2.45) is 11.8 Å². The highest BCUT2D eigenvalue weighted by Gasteiger charge is 2.57. The highest BCUT2D eigenvalue weighted by atomic mass is 16.7. The third kappa shape index (κ3) is 9.93. The van der Waals surface area contributed by atoms with E-state index in [0.29, 0.717) is 49.7 Å². The summed E-state index contributed by atoms with van der Waals surface area (Å²) in [5, 5.41) is 27.5. The largest absolute Gasteiger partial charge is 0.458 e. The number of nitrogens with zero attached hydrogens (tertiary/aromatic N) is 2. The van der Waals surface area contributed by atoms with Crippen LogP contribution in [-0.2, 0) is 28.7 Å². The highest BCUT2D eigenvalue weighted by Crippen LogP contribution is 2.49. The summed E-state index contributed by atoms with van der Waals surface area (Å²) in [5.41, 5.74) is -1.66. The minimum atomic E-state index is -0.793. The first-order chi connectivity index (χ1) is 26.2. The number of hydrogen-bond donors (Lipinski definition) is 4. The fourth-order valence-corrected chi connectivity index (χ4v) is 8.29. The normalized spacial score (nSPS) is 32.2. The average Bonchev–Trinajstić information content (AvgIpc) is 3.19. The molecule has 10 atom stereocenters. The van der Waals surface area contributed by atoms with Gasteiger partial charge in [0.1, 0.15) is 12.2 Å². The third-order valence-corrected chi connectivity index (χ3v) is 13.2. The minimum Gasteiger partial charge on any atom is -0.458 e. The SMILES string of the molecule is CCC1(C)CC(OC(=O)c2ccc(C(=O)OC3CC(C)(CC)N(OC(C)C(=O)NCCO)C(C)(CC)C3C)cc2)C(C)C(C)(CC)N1OC(C)C(=O)NCCO. The predicted molar refractivity (Wildman–Crippen MR) is 212 cm³/mol. The molecule has 0 aromatic heterocycles. The van der Waals surface area contributed by atoms with Crippen LogP contribution in [0, 0.1) is 11.8 Å². The fraction of sp³-hybridized carbons (Fsp3) is 0.762. The van der Waals surface area contributed by atoms with Gasteiger partial charge in [-0.3, -0.25) is 19.3 Å². The van der Waals surface area contributed by atoms with Gasteiger partial charge in [0.15, 0.2) is 12.2 Å². The number of aliphatic hydroxyl groups excluding tert-OH is 2. The van der Waals surface area contributed by atoms with E-state index in [0.717, 1.165) is 0 Å². The number of aliphatic hydroxyl groups is 2. The summed E-state index contributed by atoms with van der Waals surface area (Å²) < 4.78 is 12.4. The second-order valence-electron chi connectivity index (χ2n) is 16.7. The van der Waals surface area contributed by atoms with Gasteiger partial charge in [-0.15, -0.1) is 0 Å². The zero-order valence-electron chi connectivity index (χ0n) is 35.9. The van der Waals surface area contributed by atoms with Crippen LogP contribution in [0.3, 0.4) is 0 Å². The van der Waals surface area contributed by atoms with Crippen LogP contribution in [0.5, 0.6) is 0 Å². The van der Waals surface area contributed by atoms with Crippen LogP contribution in [0.1, 0.15) is 142 Å². The van der Waals surface area contributed by atoms with Gasteiger partial charge < -0.3 is 30.3 Å². The lowest BCUT2D eigenvalue weighted by molar-refractivity contribution is -0.328. The van der Waals surface area contributed by atoms with Crippen LogP contribution in [0.4, 0.5) is 0 Å². The van der Waals surface area contributed by atoms with Crippen molar-refractivity contribution in [3.8, 4) is 0 Å². The van der Waals surface area contributed by atoms with E-state index in [1.54, 1.807) is 38.1 Å². The molecule has 2 fully saturated rings. The lowest BCUT2D eigenvalue weighted by atomic mass is 9.69. The van der Waals surface area contributed by atoms with Gasteiger partial charge in [0.05, 0.1) is 24.3 Å². The zero-order chi connectivity index (χ0) is 42.2. The maximum Gasteiger partial charge on any atom is 0.338 e. The molecule has 3 rings (SSSR count). The Balaban J connectivity index is 1.75. The predicted octanol–water partition coefficient (Wildman–Crippen LogP) is 4.95. The summed E-state index contributed by atoms with van der Waals surface area (Å²) in [6.07, 6.45) is 1.16. The molecule has 2 amide bonds. The van der Waals surface area contributed by atoms with E-state index in [-0.39, 0.29) is 50.0 Å². The average molecular weight is 791 g/mol. The summed E-state index contributed by atoms with van der Waals surface area (Å²) >= 11 is 0. The molecule has 10 unspecified atom stereocenters.